The van der Waals surface area contributed by atoms with E-state index in [2.05, 4.69) is 20.7 Å². The lowest BCUT2D eigenvalue weighted by Crippen LogP contribution is -2.34. The Balaban J connectivity index is 2.86. The second kappa shape index (κ2) is 4.71. The van der Waals surface area contributed by atoms with E-state index in [4.69, 9.17) is 5.11 Å². The Morgan fingerprint density at radius 2 is 2.29 bits per heavy atom. The first-order valence-corrected chi connectivity index (χ1v) is 6.93. The highest BCUT2D eigenvalue weighted by Gasteiger charge is 2.18. The maximum absolute atomic E-state index is 11.6. The molecule has 0 radical (unpaired) electrons. The van der Waals surface area contributed by atoms with Crippen molar-refractivity contribution in [2.75, 3.05) is 6.61 Å². The molecule has 0 unspecified atom stereocenters. The lowest BCUT2D eigenvalue weighted by atomic mass is 10.4. The molecule has 0 aromatic carbocycles. The second-order valence-electron chi connectivity index (χ2n) is 2.76. The van der Waals surface area contributed by atoms with Gasteiger partial charge < -0.3 is 5.11 Å². The molecule has 0 amide bonds. The standard InChI is InChI=1S/C7H10BrNO3S2/c1-5(4-10)9-14(11,12)7-3-2-6(8)13-7/h2-3,5,9-10H,4H2,1H3/t5-/m0/s1. The summed E-state index contributed by atoms with van der Waals surface area (Å²) in [5.74, 6) is 0. The van der Waals surface area contributed by atoms with Crippen LogP contribution in [0, 0.1) is 0 Å². The van der Waals surface area contributed by atoms with Gasteiger partial charge in [0, 0.05) is 6.04 Å². The molecule has 0 bridgehead atoms. The number of rotatable bonds is 4. The average Bonchev–Trinajstić information content (AvgIpc) is 2.51. The predicted octanol–water partition coefficient (Wildman–Crippen LogP) is 1.17. The Bertz CT molecular complexity index is 401. The number of nitrogens with one attached hydrogen (secondary N) is 1. The molecule has 14 heavy (non-hydrogen) atoms. The molecule has 1 aromatic rings. The van der Waals surface area contributed by atoms with E-state index in [1.165, 1.54) is 6.07 Å². The lowest BCUT2D eigenvalue weighted by molar-refractivity contribution is 0.265. The van der Waals surface area contributed by atoms with Crippen molar-refractivity contribution in [2.24, 2.45) is 0 Å². The van der Waals surface area contributed by atoms with Gasteiger partial charge in [-0.05, 0) is 35.0 Å². The van der Waals surface area contributed by atoms with Crippen LogP contribution in [0.15, 0.2) is 20.1 Å². The molecule has 80 valence electrons. The smallest absolute Gasteiger partial charge is 0.250 e. The number of sulfonamides is 1. The van der Waals surface area contributed by atoms with E-state index in [1.54, 1.807) is 13.0 Å². The molecule has 7 heteroatoms. The van der Waals surface area contributed by atoms with Gasteiger partial charge in [-0.3, -0.25) is 0 Å². The molecule has 1 rings (SSSR count). The highest BCUT2D eigenvalue weighted by atomic mass is 79.9. The number of aliphatic hydroxyl groups is 1. The fourth-order valence-corrected chi connectivity index (χ4v) is 4.06. The summed E-state index contributed by atoms with van der Waals surface area (Å²) in [6, 6.07) is 2.71. The van der Waals surface area contributed by atoms with Crippen molar-refractivity contribution in [2.45, 2.75) is 17.2 Å². The van der Waals surface area contributed by atoms with Crippen LogP contribution in [0.5, 0.6) is 0 Å². The van der Waals surface area contributed by atoms with Gasteiger partial charge in [-0.2, -0.15) is 0 Å². The van der Waals surface area contributed by atoms with Gasteiger partial charge in [0.25, 0.3) is 0 Å². The molecule has 1 heterocycles. The minimum absolute atomic E-state index is 0.216. The number of halogens is 1. The Morgan fingerprint density at radius 3 is 2.71 bits per heavy atom. The van der Waals surface area contributed by atoms with Crippen LogP contribution in [0.1, 0.15) is 6.92 Å². The van der Waals surface area contributed by atoms with E-state index in [0.717, 1.165) is 15.1 Å². The predicted molar refractivity (Wildman–Crippen MR) is 58.9 cm³/mol. The van der Waals surface area contributed by atoms with Gasteiger partial charge in [0.05, 0.1) is 10.4 Å². The molecule has 0 spiro atoms. The third-order valence-corrected chi connectivity index (χ3v) is 5.15. The summed E-state index contributed by atoms with van der Waals surface area (Å²) in [5.41, 5.74) is 0. The summed E-state index contributed by atoms with van der Waals surface area (Å²) < 4.78 is 26.5. The van der Waals surface area contributed by atoms with Gasteiger partial charge in [-0.25, -0.2) is 13.1 Å². The Kier molecular flexibility index (Phi) is 4.08. The maximum atomic E-state index is 11.6. The van der Waals surface area contributed by atoms with E-state index in [0.29, 0.717) is 0 Å². The van der Waals surface area contributed by atoms with Crippen LogP contribution in [0.3, 0.4) is 0 Å². The summed E-state index contributed by atoms with van der Waals surface area (Å²) >= 11 is 4.32. The van der Waals surface area contributed by atoms with Crippen molar-refractivity contribution < 1.29 is 13.5 Å². The van der Waals surface area contributed by atoms with Crippen molar-refractivity contribution in [3.8, 4) is 0 Å². The van der Waals surface area contributed by atoms with Gasteiger partial charge in [-0.1, -0.05) is 0 Å². The van der Waals surface area contributed by atoms with Crippen molar-refractivity contribution in [3.05, 3.63) is 15.9 Å². The van der Waals surface area contributed by atoms with Gasteiger partial charge in [0.1, 0.15) is 4.21 Å². The molecule has 0 aliphatic rings. The Labute approximate surface area is 95.1 Å². The van der Waals surface area contributed by atoms with Crippen LogP contribution in [-0.2, 0) is 10.0 Å². The van der Waals surface area contributed by atoms with Crippen LogP contribution in [0.4, 0.5) is 0 Å². The van der Waals surface area contributed by atoms with Crippen molar-refractivity contribution in [1.29, 1.82) is 0 Å². The lowest BCUT2D eigenvalue weighted by Gasteiger charge is -2.09. The topological polar surface area (TPSA) is 66.4 Å². The van der Waals surface area contributed by atoms with Gasteiger partial charge in [-0.15, -0.1) is 11.3 Å². The fourth-order valence-electron chi connectivity index (χ4n) is 0.802. The highest BCUT2D eigenvalue weighted by molar-refractivity contribution is 9.11. The van der Waals surface area contributed by atoms with E-state index >= 15 is 0 Å². The Morgan fingerprint density at radius 1 is 1.64 bits per heavy atom. The van der Waals surface area contributed by atoms with E-state index in [1.807, 2.05) is 0 Å². The molecule has 0 aliphatic heterocycles. The minimum atomic E-state index is -3.47. The molecule has 1 aromatic heterocycles. The first-order valence-electron chi connectivity index (χ1n) is 3.84. The molecule has 4 nitrogen and oxygen atoms in total. The first-order chi connectivity index (χ1) is 6.45. The van der Waals surface area contributed by atoms with E-state index in [-0.39, 0.29) is 10.8 Å². The summed E-state index contributed by atoms with van der Waals surface area (Å²) in [6.07, 6.45) is 0. The zero-order valence-corrected chi connectivity index (χ0v) is 10.6. The van der Waals surface area contributed by atoms with Gasteiger partial charge in [0.2, 0.25) is 10.0 Å². The third kappa shape index (κ3) is 3.03. The minimum Gasteiger partial charge on any atom is -0.395 e. The molecule has 1 atom stereocenters. The van der Waals surface area contributed by atoms with E-state index in [9.17, 15) is 8.42 Å². The summed E-state index contributed by atoms with van der Waals surface area (Å²) in [4.78, 5) is 0. The normalized spacial score (nSPS) is 14.2. The molecule has 0 fully saturated rings. The zero-order chi connectivity index (χ0) is 10.8. The molecule has 2 N–H and O–H groups in total. The number of thiophene rings is 1. The summed E-state index contributed by atoms with van der Waals surface area (Å²) in [6.45, 7) is 1.38. The van der Waals surface area contributed by atoms with Crippen LogP contribution in [0.25, 0.3) is 0 Å². The molecular formula is C7H10BrNO3S2. The summed E-state index contributed by atoms with van der Waals surface area (Å²) in [5, 5.41) is 8.72. The third-order valence-electron chi connectivity index (χ3n) is 1.44. The fraction of sp³-hybridized carbons (Fsp3) is 0.429. The summed E-state index contributed by atoms with van der Waals surface area (Å²) in [7, 11) is -3.47. The average molecular weight is 300 g/mol. The number of hydrogen-bond donors (Lipinski definition) is 2. The maximum Gasteiger partial charge on any atom is 0.250 e. The molecular weight excluding hydrogens is 290 g/mol. The van der Waals surface area contributed by atoms with Gasteiger partial charge >= 0.3 is 0 Å². The van der Waals surface area contributed by atoms with Crippen LogP contribution in [-0.4, -0.2) is 26.2 Å². The van der Waals surface area contributed by atoms with Crippen molar-refractivity contribution >= 4 is 37.3 Å². The van der Waals surface area contributed by atoms with Crippen LogP contribution < -0.4 is 4.72 Å². The number of aliphatic hydroxyl groups excluding tert-OH is 1. The molecule has 0 aliphatic carbocycles. The van der Waals surface area contributed by atoms with Gasteiger partial charge in [0.15, 0.2) is 0 Å². The first kappa shape index (κ1) is 12.1. The van der Waals surface area contributed by atoms with Crippen molar-refractivity contribution in [1.82, 2.24) is 4.72 Å². The van der Waals surface area contributed by atoms with E-state index < -0.39 is 16.1 Å². The second-order valence-corrected chi connectivity index (χ2v) is 7.17. The largest absolute Gasteiger partial charge is 0.395 e. The zero-order valence-electron chi connectivity index (χ0n) is 7.40. The molecule has 0 saturated carbocycles. The van der Waals surface area contributed by atoms with Crippen molar-refractivity contribution in [3.63, 3.8) is 0 Å². The molecule has 0 saturated heterocycles. The monoisotopic (exact) mass is 299 g/mol. The number of hydrogen-bond acceptors (Lipinski definition) is 4. The Hall–Kier alpha value is 0.0500. The van der Waals surface area contributed by atoms with Crippen LogP contribution in [0.2, 0.25) is 0 Å². The quantitative estimate of drug-likeness (QED) is 0.877. The van der Waals surface area contributed by atoms with Crippen LogP contribution >= 0.6 is 27.3 Å². The highest BCUT2D eigenvalue weighted by Crippen LogP contribution is 2.25. The SMILES string of the molecule is C[C@@H](CO)NS(=O)(=O)c1ccc(Br)s1.